The molecule has 12 heteroatoms. The van der Waals surface area contributed by atoms with Gasteiger partial charge in [0.05, 0.1) is 35.0 Å². The summed E-state index contributed by atoms with van der Waals surface area (Å²) in [6.07, 6.45) is 0. The van der Waals surface area contributed by atoms with Gasteiger partial charge in [0.2, 0.25) is 5.95 Å². The summed E-state index contributed by atoms with van der Waals surface area (Å²) >= 11 is 0. The van der Waals surface area contributed by atoms with Crippen molar-refractivity contribution in [2.45, 2.75) is 34.2 Å². The fourth-order valence-electron chi connectivity index (χ4n) is 6.45. The van der Waals surface area contributed by atoms with Crippen molar-refractivity contribution < 1.29 is 14.3 Å². The Labute approximate surface area is 261 Å². The van der Waals surface area contributed by atoms with E-state index in [1.54, 1.807) is 0 Å². The molecule has 0 radical (unpaired) electrons. The van der Waals surface area contributed by atoms with Gasteiger partial charge in [-0.2, -0.15) is 4.48 Å². The average Bonchev–Trinajstić information content (AvgIpc) is 3.49. The second kappa shape index (κ2) is 11.5. The zero-order chi connectivity index (χ0) is 32.0. The number of aromatic nitrogens is 4. The van der Waals surface area contributed by atoms with E-state index < -0.39 is 5.97 Å². The zero-order valence-electron chi connectivity index (χ0n) is 26.4. The third-order valence-corrected chi connectivity index (χ3v) is 8.19. The van der Waals surface area contributed by atoms with E-state index in [1.807, 2.05) is 74.3 Å². The second-order valence-electron chi connectivity index (χ2n) is 12.6. The Morgan fingerprint density at radius 3 is 2.29 bits per heavy atom. The van der Waals surface area contributed by atoms with Gasteiger partial charge in [-0.3, -0.25) is 5.32 Å². The van der Waals surface area contributed by atoms with Gasteiger partial charge < -0.3 is 25.7 Å². The first-order valence-corrected chi connectivity index (χ1v) is 15.3. The fourth-order valence-corrected chi connectivity index (χ4v) is 6.45. The number of carbonyl (C=O) groups is 2. The molecule has 4 heterocycles. The van der Waals surface area contributed by atoms with E-state index in [0.29, 0.717) is 53.2 Å². The van der Waals surface area contributed by atoms with Crippen LogP contribution in [-0.2, 0) is 16.1 Å². The number of rotatable bonds is 10. The van der Waals surface area contributed by atoms with Crippen LogP contribution in [0.2, 0.25) is 0 Å². The molecule has 12 nitrogen and oxygen atoms in total. The second-order valence-corrected chi connectivity index (χ2v) is 12.6. The molecule has 6 rings (SSSR count). The molecule has 5 aromatic rings. The highest BCUT2D eigenvalue weighted by atomic mass is 16.5. The van der Waals surface area contributed by atoms with Crippen molar-refractivity contribution in [3.63, 3.8) is 0 Å². The van der Waals surface area contributed by atoms with Gasteiger partial charge in [0.15, 0.2) is 29.6 Å². The molecular formula is C33H40N9O3+. The van der Waals surface area contributed by atoms with E-state index in [1.165, 1.54) is 0 Å². The van der Waals surface area contributed by atoms with Crippen molar-refractivity contribution in [2.75, 3.05) is 55.0 Å². The number of fused-ring (bicyclic) bond motifs is 6. The Bertz CT molecular complexity index is 1950. The number of hydrogen-bond donors (Lipinski definition) is 3. The standard InChI is InChI=1S/C33H39N9O3/c1-19(2)16-41-28-21-10-6-8-12-23(21)36-30(34)26(28)38-32(41)40(5)14-15-45-25(43)18-42(17-20(3)4)29-22-11-7-9-13-24(22)37-31(35)27(29)39-33(42)44/h6-13,19-20H,14-18H2,1-5H3,(H4-,34,35,36,37,39,44)/p+1. The maximum Gasteiger partial charge on any atom is 0.426 e. The molecule has 1 aliphatic heterocycles. The van der Waals surface area contributed by atoms with E-state index in [-0.39, 0.29) is 35.4 Å². The zero-order valence-corrected chi connectivity index (χ0v) is 26.4. The number of nitrogens with one attached hydrogen (secondary N) is 1. The van der Waals surface area contributed by atoms with E-state index >= 15 is 0 Å². The van der Waals surface area contributed by atoms with Gasteiger partial charge in [-0.25, -0.2) is 24.5 Å². The fraction of sp³-hybridized carbons (Fsp3) is 0.364. The predicted octanol–water partition coefficient (Wildman–Crippen LogP) is 5.14. The maximum absolute atomic E-state index is 13.7. The third-order valence-electron chi connectivity index (χ3n) is 8.19. The van der Waals surface area contributed by atoms with Crippen molar-refractivity contribution in [1.29, 1.82) is 0 Å². The first-order chi connectivity index (χ1) is 21.5. The van der Waals surface area contributed by atoms with Crippen molar-refractivity contribution in [3.8, 4) is 0 Å². The lowest BCUT2D eigenvalue weighted by molar-refractivity contribution is -0.143. The smallest absolute Gasteiger partial charge is 0.426 e. The molecule has 2 amide bonds. The van der Waals surface area contributed by atoms with Crippen LogP contribution >= 0.6 is 0 Å². The Balaban J connectivity index is 1.26. The SMILES string of the molecule is CC(C)Cn1c(N(C)CCOC(=O)C[N+]2(CC(C)C)C(=O)Nc3c(N)nc4ccccc4c32)nc2c(N)nc3ccccc3c21. The minimum Gasteiger partial charge on any atom is -0.460 e. The molecule has 3 aromatic heterocycles. The molecule has 5 N–H and O–H groups in total. The molecule has 0 aliphatic carbocycles. The van der Waals surface area contributed by atoms with E-state index in [0.717, 1.165) is 28.4 Å². The highest BCUT2D eigenvalue weighted by molar-refractivity contribution is 6.18. The summed E-state index contributed by atoms with van der Waals surface area (Å²) in [4.78, 5) is 43.1. The van der Waals surface area contributed by atoms with Gasteiger partial charge in [0.25, 0.3) is 0 Å². The van der Waals surface area contributed by atoms with E-state index in [2.05, 4.69) is 33.7 Å². The summed E-state index contributed by atoms with van der Waals surface area (Å²) in [5.74, 6) is 1.27. The molecular weight excluding hydrogens is 570 g/mol. The highest BCUT2D eigenvalue weighted by Crippen LogP contribution is 2.47. The molecule has 45 heavy (non-hydrogen) atoms. The monoisotopic (exact) mass is 610 g/mol. The molecule has 1 aliphatic rings. The number of esters is 1. The first-order valence-electron chi connectivity index (χ1n) is 15.3. The number of hydrogen-bond acceptors (Lipinski definition) is 9. The van der Waals surface area contributed by atoms with Crippen LogP contribution in [-0.4, -0.2) is 64.8 Å². The number of nitrogen functional groups attached to an aromatic ring is 2. The maximum atomic E-state index is 13.7. The number of quaternary nitrogens is 1. The van der Waals surface area contributed by atoms with Crippen LogP contribution in [0.5, 0.6) is 0 Å². The number of ether oxygens (including phenoxy) is 1. The molecule has 0 fully saturated rings. The molecule has 0 saturated heterocycles. The van der Waals surface area contributed by atoms with Crippen molar-refractivity contribution in [2.24, 2.45) is 11.8 Å². The van der Waals surface area contributed by atoms with Crippen LogP contribution in [0.15, 0.2) is 48.5 Å². The molecule has 0 saturated carbocycles. The molecule has 0 bridgehead atoms. The van der Waals surface area contributed by atoms with Crippen LogP contribution in [0.3, 0.4) is 0 Å². The molecule has 0 spiro atoms. The Morgan fingerprint density at radius 1 is 0.956 bits per heavy atom. The summed E-state index contributed by atoms with van der Waals surface area (Å²) in [5, 5.41) is 4.67. The summed E-state index contributed by atoms with van der Waals surface area (Å²) in [6, 6.07) is 15.1. The van der Waals surface area contributed by atoms with Gasteiger partial charge in [-0.15, -0.1) is 0 Å². The lowest BCUT2D eigenvalue weighted by atomic mass is 10.1. The predicted molar refractivity (Wildman–Crippen MR) is 180 cm³/mol. The summed E-state index contributed by atoms with van der Waals surface area (Å²) in [5.41, 5.74) is 16.8. The number of imidazole rings is 1. The minimum atomic E-state index is -0.485. The van der Waals surface area contributed by atoms with Gasteiger partial charge in [-0.1, -0.05) is 58.0 Å². The van der Waals surface area contributed by atoms with Crippen LogP contribution in [0.1, 0.15) is 27.7 Å². The number of pyridine rings is 2. The lowest BCUT2D eigenvalue weighted by Gasteiger charge is -2.31. The minimum absolute atomic E-state index is 0.0979. The van der Waals surface area contributed by atoms with Gasteiger partial charge in [0.1, 0.15) is 12.1 Å². The number of benzene rings is 2. The average molecular weight is 611 g/mol. The van der Waals surface area contributed by atoms with Gasteiger partial charge in [0, 0.05) is 24.9 Å². The molecule has 1 atom stereocenters. The largest absolute Gasteiger partial charge is 0.460 e. The number of carbonyl (C=O) groups excluding carboxylic acids is 2. The van der Waals surface area contributed by atoms with E-state index in [4.69, 9.17) is 21.2 Å². The Hall–Kier alpha value is -4.97. The number of urea groups is 1. The summed E-state index contributed by atoms with van der Waals surface area (Å²) in [7, 11) is 1.91. The van der Waals surface area contributed by atoms with Crippen LogP contribution < -0.4 is 26.2 Å². The number of amides is 2. The number of likely N-dealkylation sites (N-methyl/N-ethyl adjacent to an activating group) is 1. The van der Waals surface area contributed by atoms with Crippen LogP contribution in [0.4, 0.5) is 33.8 Å². The third kappa shape index (κ3) is 5.24. The quantitative estimate of drug-likeness (QED) is 0.144. The number of para-hydroxylation sites is 2. The number of nitrogens with zero attached hydrogens (tertiary/aromatic N) is 6. The summed E-state index contributed by atoms with van der Waals surface area (Å²) < 4.78 is 7.73. The Kier molecular flexibility index (Phi) is 7.69. The topological polar surface area (TPSA) is 154 Å². The summed E-state index contributed by atoms with van der Waals surface area (Å²) in [6.45, 7) is 9.77. The number of anilines is 4. The molecule has 1 unspecified atom stereocenters. The van der Waals surface area contributed by atoms with Crippen LogP contribution in [0.25, 0.3) is 32.8 Å². The van der Waals surface area contributed by atoms with Crippen molar-refractivity contribution in [3.05, 3.63) is 48.5 Å². The molecule has 234 valence electrons. The number of nitrogens with two attached hydrogens (primary N) is 2. The van der Waals surface area contributed by atoms with Crippen molar-refractivity contribution >= 4 is 73.8 Å². The van der Waals surface area contributed by atoms with E-state index in [9.17, 15) is 9.59 Å². The lowest BCUT2D eigenvalue weighted by Crippen LogP contribution is -2.57. The first kappa shape index (κ1) is 30.1. The van der Waals surface area contributed by atoms with Crippen molar-refractivity contribution in [1.82, 2.24) is 24.0 Å². The normalized spacial score (nSPS) is 16.2. The Morgan fingerprint density at radius 2 is 1.60 bits per heavy atom. The van der Waals surface area contributed by atoms with Crippen LogP contribution in [0, 0.1) is 11.8 Å². The van der Waals surface area contributed by atoms with Gasteiger partial charge in [-0.05, 0) is 24.1 Å². The molecule has 2 aromatic carbocycles. The van der Waals surface area contributed by atoms with Gasteiger partial charge >= 0.3 is 12.0 Å². The highest BCUT2D eigenvalue weighted by Gasteiger charge is 2.52.